The molecule has 1 aromatic heterocycles. The Morgan fingerprint density at radius 3 is 2.82 bits per heavy atom. The van der Waals surface area contributed by atoms with Crippen LogP contribution in [0, 0.1) is 11.3 Å². The van der Waals surface area contributed by atoms with E-state index < -0.39 is 0 Å². The maximum atomic E-state index is 7.43. The fourth-order valence-electron chi connectivity index (χ4n) is 1.99. The zero-order valence-corrected chi connectivity index (χ0v) is 10.5. The minimum absolute atomic E-state index is 0.0344. The molecule has 1 aliphatic carbocycles. The van der Waals surface area contributed by atoms with Gasteiger partial charge in [-0.2, -0.15) is 0 Å². The molecule has 1 fully saturated rings. The van der Waals surface area contributed by atoms with E-state index >= 15 is 0 Å². The normalized spacial score (nSPS) is 15.0. The summed E-state index contributed by atoms with van der Waals surface area (Å²) in [5.41, 5.74) is 7.18. The number of aromatic nitrogens is 1. The Morgan fingerprint density at radius 1 is 1.59 bits per heavy atom. The van der Waals surface area contributed by atoms with Crippen molar-refractivity contribution in [2.24, 2.45) is 11.7 Å². The van der Waals surface area contributed by atoms with Gasteiger partial charge < -0.3 is 10.6 Å². The lowest BCUT2D eigenvalue weighted by molar-refractivity contribution is 0.607. The van der Waals surface area contributed by atoms with Crippen LogP contribution >= 0.6 is 0 Å². The average molecular weight is 232 g/mol. The summed E-state index contributed by atoms with van der Waals surface area (Å²) in [6.45, 7) is 5.50. The Labute approximate surface area is 102 Å². The number of hydrogen-bond acceptors (Lipinski definition) is 3. The molecule has 92 valence electrons. The average Bonchev–Trinajstić information content (AvgIpc) is 3.09. The van der Waals surface area contributed by atoms with Crippen molar-refractivity contribution in [3.63, 3.8) is 0 Å². The molecule has 1 heterocycles. The number of pyridine rings is 1. The van der Waals surface area contributed by atoms with Crippen molar-refractivity contribution in [2.45, 2.75) is 32.7 Å². The maximum absolute atomic E-state index is 7.43. The summed E-state index contributed by atoms with van der Waals surface area (Å²) >= 11 is 0. The van der Waals surface area contributed by atoms with E-state index in [1.807, 2.05) is 12.1 Å². The van der Waals surface area contributed by atoms with Crippen molar-refractivity contribution in [1.29, 1.82) is 5.41 Å². The highest BCUT2D eigenvalue weighted by molar-refractivity contribution is 5.93. The van der Waals surface area contributed by atoms with E-state index in [1.54, 1.807) is 6.20 Å². The number of hydrogen-bond donors (Lipinski definition) is 2. The molecule has 1 aliphatic rings. The third-order valence-corrected chi connectivity index (χ3v) is 2.90. The van der Waals surface area contributed by atoms with Crippen LogP contribution in [0.25, 0.3) is 0 Å². The van der Waals surface area contributed by atoms with Gasteiger partial charge in [0.25, 0.3) is 0 Å². The number of nitrogens with one attached hydrogen (secondary N) is 1. The standard InChI is InChI=1S/C13H20N4/c1-9(2)8-17(10-3-4-10)11-5-6-16-12(7-11)13(14)15/h5-7,9-10H,3-4,8H2,1-2H3,(H3,14,15). The third-order valence-electron chi connectivity index (χ3n) is 2.90. The van der Waals surface area contributed by atoms with Crippen LogP contribution in [-0.2, 0) is 0 Å². The van der Waals surface area contributed by atoms with Gasteiger partial charge in [-0.3, -0.25) is 10.4 Å². The Bertz CT molecular complexity index is 410. The summed E-state index contributed by atoms with van der Waals surface area (Å²) in [7, 11) is 0. The lowest BCUT2D eigenvalue weighted by Crippen LogP contribution is -2.30. The largest absolute Gasteiger partial charge is 0.382 e. The van der Waals surface area contributed by atoms with Crippen LogP contribution < -0.4 is 10.6 Å². The molecule has 1 saturated carbocycles. The van der Waals surface area contributed by atoms with Gasteiger partial charge in [0.2, 0.25) is 0 Å². The topological polar surface area (TPSA) is 66.0 Å². The Balaban J connectivity index is 2.22. The van der Waals surface area contributed by atoms with Crippen LogP contribution in [-0.4, -0.2) is 23.4 Å². The molecule has 0 aromatic carbocycles. The summed E-state index contributed by atoms with van der Waals surface area (Å²) in [5.74, 6) is 0.664. The quantitative estimate of drug-likeness (QED) is 0.602. The molecule has 4 nitrogen and oxygen atoms in total. The van der Waals surface area contributed by atoms with Gasteiger partial charge in [-0.1, -0.05) is 13.8 Å². The van der Waals surface area contributed by atoms with E-state index in [1.165, 1.54) is 12.8 Å². The number of nitrogen functional groups attached to an aromatic ring is 1. The summed E-state index contributed by atoms with van der Waals surface area (Å²) in [4.78, 5) is 6.52. The second-order valence-electron chi connectivity index (χ2n) is 5.09. The molecule has 2 rings (SSSR count). The summed E-state index contributed by atoms with van der Waals surface area (Å²) in [6, 6.07) is 4.59. The number of nitrogens with zero attached hydrogens (tertiary/aromatic N) is 2. The fraction of sp³-hybridized carbons (Fsp3) is 0.538. The highest BCUT2D eigenvalue weighted by Gasteiger charge is 2.29. The summed E-state index contributed by atoms with van der Waals surface area (Å²) in [5, 5.41) is 7.43. The lowest BCUT2D eigenvalue weighted by atomic mass is 10.2. The smallest absolute Gasteiger partial charge is 0.141 e. The zero-order valence-electron chi connectivity index (χ0n) is 10.5. The van der Waals surface area contributed by atoms with Gasteiger partial charge in [0.1, 0.15) is 11.5 Å². The van der Waals surface area contributed by atoms with E-state index in [-0.39, 0.29) is 5.84 Å². The predicted octanol–water partition coefficient (Wildman–Crippen LogP) is 1.99. The number of rotatable bonds is 5. The van der Waals surface area contributed by atoms with Crippen LogP contribution in [0.3, 0.4) is 0 Å². The molecule has 0 atom stereocenters. The zero-order chi connectivity index (χ0) is 12.4. The first-order valence-corrected chi connectivity index (χ1v) is 6.15. The molecule has 0 bridgehead atoms. The van der Waals surface area contributed by atoms with Crippen LogP contribution in [0.5, 0.6) is 0 Å². The van der Waals surface area contributed by atoms with E-state index in [9.17, 15) is 0 Å². The Morgan fingerprint density at radius 2 is 2.29 bits per heavy atom. The highest BCUT2D eigenvalue weighted by atomic mass is 15.2. The molecule has 4 heteroatoms. The van der Waals surface area contributed by atoms with Crippen molar-refractivity contribution >= 4 is 11.5 Å². The van der Waals surface area contributed by atoms with Crippen molar-refractivity contribution in [3.8, 4) is 0 Å². The lowest BCUT2D eigenvalue weighted by Gasteiger charge is -2.26. The van der Waals surface area contributed by atoms with Gasteiger partial charge in [-0.15, -0.1) is 0 Å². The fourth-order valence-corrected chi connectivity index (χ4v) is 1.99. The second kappa shape index (κ2) is 4.73. The predicted molar refractivity (Wildman–Crippen MR) is 70.5 cm³/mol. The van der Waals surface area contributed by atoms with Gasteiger partial charge in [-0.05, 0) is 30.9 Å². The Hall–Kier alpha value is -1.58. The highest BCUT2D eigenvalue weighted by Crippen LogP contribution is 2.32. The first-order chi connectivity index (χ1) is 8.08. The molecule has 0 unspecified atom stereocenters. The molecular formula is C13H20N4. The molecule has 17 heavy (non-hydrogen) atoms. The number of anilines is 1. The van der Waals surface area contributed by atoms with Gasteiger partial charge >= 0.3 is 0 Å². The van der Waals surface area contributed by atoms with E-state index in [0.717, 1.165) is 12.2 Å². The van der Waals surface area contributed by atoms with Crippen LogP contribution in [0.1, 0.15) is 32.4 Å². The van der Waals surface area contributed by atoms with E-state index in [2.05, 4.69) is 23.7 Å². The van der Waals surface area contributed by atoms with Gasteiger partial charge in [0, 0.05) is 24.5 Å². The minimum Gasteiger partial charge on any atom is -0.382 e. The first kappa shape index (κ1) is 11.9. The number of nitrogens with two attached hydrogens (primary N) is 1. The van der Waals surface area contributed by atoms with Gasteiger partial charge in [-0.25, -0.2) is 0 Å². The second-order valence-corrected chi connectivity index (χ2v) is 5.09. The summed E-state index contributed by atoms with van der Waals surface area (Å²) < 4.78 is 0. The molecular weight excluding hydrogens is 212 g/mol. The molecule has 0 amide bonds. The first-order valence-electron chi connectivity index (χ1n) is 6.15. The van der Waals surface area contributed by atoms with E-state index in [0.29, 0.717) is 17.7 Å². The molecule has 0 saturated heterocycles. The van der Waals surface area contributed by atoms with Crippen LogP contribution in [0.15, 0.2) is 18.3 Å². The maximum Gasteiger partial charge on any atom is 0.141 e. The minimum atomic E-state index is 0.0344. The van der Waals surface area contributed by atoms with Crippen molar-refractivity contribution in [2.75, 3.05) is 11.4 Å². The van der Waals surface area contributed by atoms with Crippen molar-refractivity contribution < 1.29 is 0 Å². The SMILES string of the molecule is CC(C)CN(c1ccnc(C(=N)N)c1)C1CC1. The number of amidine groups is 1. The Kier molecular flexibility index (Phi) is 3.31. The monoisotopic (exact) mass is 232 g/mol. The van der Waals surface area contributed by atoms with Gasteiger partial charge in [0.15, 0.2) is 0 Å². The van der Waals surface area contributed by atoms with Crippen molar-refractivity contribution in [1.82, 2.24) is 4.98 Å². The van der Waals surface area contributed by atoms with E-state index in [4.69, 9.17) is 11.1 Å². The van der Waals surface area contributed by atoms with Crippen LogP contribution in [0.2, 0.25) is 0 Å². The molecule has 0 radical (unpaired) electrons. The summed E-state index contributed by atoms with van der Waals surface area (Å²) in [6.07, 6.45) is 4.27. The molecule has 1 aromatic rings. The molecule has 3 N–H and O–H groups in total. The van der Waals surface area contributed by atoms with Gasteiger partial charge in [0.05, 0.1) is 0 Å². The van der Waals surface area contributed by atoms with Crippen LogP contribution in [0.4, 0.5) is 5.69 Å². The molecule has 0 aliphatic heterocycles. The third kappa shape index (κ3) is 2.96. The van der Waals surface area contributed by atoms with Crippen molar-refractivity contribution in [3.05, 3.63) is 24.0 Å². The molecule has 0 spiro atoms.